The van der Waals surface area contributed by atoms with Gasteiger partial charge in [-0.05, 0) is 103 Å². The van der Waals surface area contributed by atoms with Crippen molar-refractivity contribution in [1.82, 2.24) is 0 Å². The molecule has 11 nitrogen and oxygen atoms in total. The molecule has 4 saturated carbocycles. The molecule has 0 heterocycles. The number of rotatable bonds is 1. The molecular formula is C38H52O11Se. The van der Waals surface area contributed by atoms with Gasteiger partial charge < -0.3 is 35.7 Å². The molecule has 2 spiro atoms. The van der Waals surface area contributed by atoms with E-state index in [1.165, 1.54) is 0 Å². The molecule has 8 rings (SSSR count). The molecule has 0 amide bonds. The second-order valence-electron chi connectivity index (χ2n) is 17.6. The molecule has 0 radical (unpaired) electrons. The van der Waals surface area contributed by atoms with Gasteiger partial charge >= 0.3 is 22.5 Å². The van der Waals surface area contributed by atoms with E-state index in [0.29, 0.717) is 41.4 Å². The Morgan fingerprint density at radius 3 is 1.42 bits per heavy atom. The molecule has 12 heteroatoms. The normalized spacial score (nSPS) is 49.7. The zero-order valence-electron chi connectivity index (χ0n) is 29.8. The van der Waals surface area contributed by atoms with Crippen LogP contribution in [0.5, 0.6) is 0 Å². The quantitative estimate of drug-likeness (QED) is 0.151. The first-order valence-corrected chi connectivity index (χ1v) is 19.1. The predicted molar refractivity (Wildman–Crippen MR) is 179 cm³/mol. The molecule has 4 fully saturated rings. The van der Waals surface area contributed by atoms with Crippen LogP contribution >= 0.6 is 0 Å². The molecule has 50 heavy (non-hydrogen) atoms. The van der Waals surface area contributed by atoms with Gasteiger partial charge in [0, 0.05) is 11.8 Å². The van der Waals surface area contributed by atoms with Crippen LogP contribution in [0, 0.1) is 57.2 Å². The molecule has 4 bridgehead atoms. The summed E-state index contributed by atoms with van der Waals surface area (Å²) < 4.78 is 16.9. The van der Waals surface area contributed by atoms with E-state index in [1.807, 2.05) is 6.08 Å². The topological polar surface area (TPSA) is 210 Å². The Kier molecular flexibility index (Phi) is 8.96. The summed E-state index contributed by atoms with van der Waals surface area (Å²) in [6, 6.07) is 0. The summed E-state index contributed by atoms with van der Waals surface area (Å²) in [4.78, 5) is 27.0. The van der Waals surface area contributed by atoms with Crippen molar-refractivity contribution in [3.63, 3.8) is 0 Å². The van der Waals surface area contributed by atoms with Gasteiger partial charge in [0.1, 0.15) is 35.6 Å². The van der Waals surface area contributed by atoms with Crippen molar-refractivity contribution in [1.29, 1.82) is 0 Å². The van der Waals surface area contributed by atoms with Crippen molar-refractivity contribution in [2.24, 2.45) is 57.2 Å². The zero-order valence-corrected chi connectivity index (χ0v) is 31.5. The molecule has 0 unspecified atom stereocenters. The van der Waals surface area contributed by atoms with Gasteiger partial charge in [-0.25, -0.2) is 0 Å². The average Bonchev–Trinajstić information content (AvgIpc) is 3.81. The van der Waals surface area contributed by atoms with E-state index < -0.39 is 73.8 Å². The third-order valence-electron chi connectivity index (χ3n) is 14.9. The Bertz CT molecular complexity index is 1670. The van der Waals surface area contributed by atoms with Crippen LogP contribution in [-0.4, -0.2) is 104 Å². The van der Waals surface area contributed by atoms with Crippen molar-refractivity contribution in [3.05, 3.63) is 46.6 Å². The molecule has 14 atom stereocenters. The Morgan fingerprint density at radius 1 is 0.660 bits per heavy atom. The standard InChI is InChI=1S/C19H26O5.C19H26O4.O2Se/c1-9-7-18-5-4-12-13(17(12,2)3)11(16(18)23)6-10(8-20)15(22)19(18,24)14(9)21;1-9-7-11-13-12(17(13,3)4)5-6-18(16(11)22)8-10(2)15(21)19(18,23)14(9)20;1-3-2/h6-7,11-15,20-22,24H,4-5,8H2,1-3H3;7-8,11-15,20-21,23H,5-6H2,1-4H3;/t11-,12+,13-,14-,15+,18+,19+;11-,12+,13-,14+,15-,18+,19-;/m00./s1. The molecule has 0 aromatic heterocycles. The van der Waals surface area contributed by atoms with Crippen LogP contribution in [0.1, 0.15) is 74.1 Å². The van der Waals surface area contributed by atoms with Gasteiger partial charge in [-0.3, -0.25) is 9.59 Å². The van der Waals surface area contributed by atoms with E-state index in [-0.39, 0.29) is 45.7 Å². The summed E-state index contributed by atoms with van der Waals surface area (Å²) in [5, 5.41) is 75.4. The second kappa shape index (κ2) is 11.8. The summed E-state index contributed by atoms with van der Waals surface area (Å²) in [6.45, 7) is 13.4. The Balaban J connectivity index is 0.000000161. The van der Waals surface area contributed by atoms with Gasteiger partial charge in [0.25, 0.3) is 0 Å². The van der Waals surface area contributed by atoms with E-state index in [4.69, 9.17) is 7.67 Å². The fourth-order valence-corrected chi connectivity index (χ4v) is 12.1. The van der Waals surface area contributed by atoms with Crippen molar-refractivity contribution < 1.29 is 53.0 Å². The number of carbonyl (C=O) groups is 2. The molecule has 7 N–H and O–H groups in total. The van der Waals surface area contributed by atoms with E-state index in [0.717, 1.165) is 12.8 Å². The summed E-state index contributed by atoms with van der Waals surface area (Å²) in [7, 11) is 0. The number of fused-ring (bicyclic) bond motifs is 6. The number of carbonyl (C=O) groups excluding carboxylic acids is 2. The van der Waals surface area contributed by atoms with Crippen molar-refractivity contribution >= 4 is 26.4 Å². The Hall–Kier alpha value is -1.86. The van der Waals surface area contributed by atoms with Crippen molar-refractivity contribution in [3.8, 4) is 0 Å². The monoisotopic (exact) mass is 764 g/mol. The van der Waals surface area contributed by atoms with Crippen LogP contribution in [0.25, 0.3) is 0 Å². The van der Waals surface area contributed by atoms with Gasteiger partial charge in [-0.2, -0.15) is 0 Å². The number of allylic oxidation sites excluding steroid dienone is 2. The van der Waals surface area contributed by atoms with Crippen molar-refractivity contribution in [2.75, 3.05) is 6.61 Å². The van der Waals surface area contributed by atoms with Crippen LogP contribution in [0.3, 0.4) is 0 Å². The molecule has 276 valence electrons. The third-order valence-corrected chi connectivity index (χ3v) is 14.9. The summed E-state index contributed by atoms with van der Waals surface area (Å²) in [5.41, 5.74) is -4.19. The van der Waals surface area contributed by atoms with Gasteiger partial charge in [0.2, 0.25) is 0 Å². The number of ketones is 2. The van der Waals surface area contributed by atoms with Gasteiger partial charge in [-0.1, -0.05) is 52.0 Å². The predicted octanol–water partition coefficient (Wildman–Crippen LogP) is 1.55. The Labute approximate surface area is 298 Å². The average molecular weight is 764 g/mol. The first kappa shape index (κ1) is 37.9. The van der Waals surface area contributed by atoms with Crippen LogP contribution < -0.4 is 0 Å². The summed E-state index contributed by atoms with van der Waals surface area (Å²) >= 11 is -1.62. The number of aliphatic hydroxyl groups excluding tert-OH is 5. The number of hydrogen-bond acceptors (Lipinski definition) is 11. The molecule has 0 saturated heterocycles. The number of Topliss-reactive ketones (excluding diaryl/α,β-unsaturated/α-hetero) is 2. The fraction of sp³-hybridized carbons (Fsp3) is 0.737. The van der Waals surface area contributed by atoms with Crippen LogP contribution in [0.4, 0.5) is 0 Å². The summed E-state index contributed by atoms with van der Waals surface area (Å²) in [6.07, 6.45) is 4.30. The molecule has 0 aliphatic heterocycles. The Morgan fingerprint density at radius 2 is 1.02 bits per heavy atom. The SMILES string of the molecule is CC1=C[C@@H]2C(=O)[C@]3(C=C(C)[C@H](O)[C@@]3(O)[C@@H]1O)CC[C@@H]1[C@H]2C1(C)C.CC1=C[C@@]23CC[C@@H]4[C@H]([C@H](C=C(CO)[C@@H](O)[C@]2(O)[C@H]1O)C3=O)C4(C)C.O=[Se]=O. The van der Waals surface area contributed by atoms with Gasteiger partial charge in [-0.15, -0.1) is 0 Å². The third kappa shape index (κ3) is 4.53. The first-order chi connectivity index (χ1) is 23.1. The number of hydrogen-bond donors (Lipinski definition) is 7. The van der Waals surface area contributed by atoms with Crippen LogP contribution in [-0.2, 0) is 17.3 Å². The first-order valence-electron chi connectivity index (χ1n) is 17.7. The van der Waals surface area contributed by atoms with E-state index >= 15 is 0 Å². The van der Waals surface area contributed by atoms with E-state index in [9.17, 15) is 45.3 Å². The molecule has 8 aliphatic rings. The maximum absolute atomic E-state index is 13.5. The zero-order chi connectivity index (χ0) is 37.3. The molecule has 0 aromatic carbocycles. The van der Waals surface area contributed by atoms with Gasteiger partial charge in [0.05, 0.1) is 17.4 Å². The number of aliphatic hydroxyl groups is 7. The minimum atomic E-state index is -2.00. The van der Waals surface area contributed by atoms with E-state index in [2.05, 4.69) is 27.7 Å². The molecule has 0 aromatic rings. The van der Waals surface area contributed by atoms with E-state index in [1.54, 1.807) is 39.0 Å². The van der Waals surface area contributed by atoms with Crippen LogP contribution in [0.15, 0.2) is 46.6 Å². The van der Waals surface area contributed by atoms with Crippen molar-refractivity contribution in [2.45, 2.75) is 110 Å². The fourth-order valence-electron chi connectivity index (χ4n) is 12.1. The minimum absolute atomic E-state index is 0.0233. The molecule has 8 aliphatic carbocycles. The van der Waals surface area contributed by atoms with Gasteiger partial charge in [0.15, 0.2) is 11.6 Å². The maximum atomic E-state index is 13.5. The molecular weight excluding hydrogens is 711 g/mol. The second-order valence-corrected chi connectivity index (χ2v) is 17.9. The van der Waals surface area contributed by atoms with Crippen LogP contribution in [0.2, 0.25) is 0 Å². The summed E-state index contributed by atoms with van der Waals surface area (Å²) in [5.74, 6) is 0.408.